The monoisotopic (exact) mass is 397 g/mol. The molecule has 1 atom stereocenters. The molecular weight excluding hydrogens is 377 g/mol. The van der Waals surface area contributed by atoms with E-state index in [-0.39, 0.29) is 44.5 Å². The number of aryl methyl sites for hydroxylation is 1. The summed E-state index contributed by atoms with van der Waals surface area (Å²) in [6.07, 6.45) is 0.981. The molecule has 1 aromatic carbocycles. The number of nitrogens with zero attached hydrogens (tertiary/aromatic N) is 1. The van der Waals surface area contributed by atoms with E-state index in [4.69, 9.17) is 4.74 Å². The predicted octanol–water partition coefficient (Wildman–Crippen LogP) is 3.67. The molecule has 1 aromatic rings. The molecule has 3 nitrogen and oxygen atoms in total. The SMILES string of the molecule is CCOc1ccc(C2=[C-]CC(C)C(=O)N2CC(F)F)c(C)c1.[Y]. The number of benzene rings is 1. The van der Waals surface area contributed by atoms with Crippen LogP contribution in [-0.4, -0.2) is 30.4 Å². The molecule has 0 fully saturated rings. The molecule has 1 heterocycles. The molecule has 6 heteroatoms. The van der Waals surface area contributed by atoms with Crippen LogP contribution in [-0.2, 0) is 37.5 Å². The van der Waals surface area contributed by atoms with Gasteiger partial charge in [-0.1, -0.05) is 20.3 Å². The summed E-state index contributed by atoms with van der Waals surface area (Å²) in [4.78, 5) is 13.4. The fraction of sp³-hybridized carbons (Fsp3) is 0.471. The van der Waals surface area contributed by atoms with Gasteiger partial charge in [-0.25, -0.2) is 14.9 Å². The second-order valence-corrected chi connectivity index (χ2v) is 5.38. The Balaban J connectivity index is 0.00000264. The van der Waals surface area contributed by atoms with Crippen LogP contribution in [0.3, 0.4) is 0 Å². The van der Waals surface area contributed by atoms with Crippen molar-refractivity contribution in [2.24, 2.45) is 5.92 Å². The van der Waals surface area contributed by atoms with E-state index >= 15 is 0 Å². The van der Waals surface area contributed by atoms with E-state index in [1.165, 1.54) is 0 Å². The van der Waals surface area contributed by atoms with Crippen LogP contribution in [0, 0.1) is 18.9 Å². The van der Waals surface area contributed by atoms with Crippen LogP contribution < -0.4 is 4.74 Å². The van der Waals surface area contributed by atoms with Crippen LogP contribution in [0.15, 0.2) is 18.2 Å². The Morgan fingerprint density at radius 2 is 2.13 bits per heavy atom. The van der Waals surface area contributed by atoms with Crippen LogP contribution >= 0.6 is 0 Å². The Labute approximate surface area is 160 Å². The van der Waals surface area contributed by atoms with Gasteiger partial charge in [0, 0.05) is 38.6 Å². The van der Waals surface area contributed by atoms with Gasteiger partial charge in [0.15, 0.2) is 0 Å². The molecule has 23 heavy (non-hydrogen) atoms. The first-order chi connectivity index (χ1) is 10.4. The zero-order valence-corrected chi connectivity index (χ0v) is 16.4. The van der Waals surface area contributed by atoms with E-state index in [2.05, 4.69) is 6.08 Å². The number of carbonyl (C=O) groups excluding carboxylic acids is 1. The maximum atomic E-state index is 12.8. The van der Waals surface area contributed by atoms with Crippen LogP contribution in [0.4, 0.5) is 8.78 Å². The zero-order valence-electron chi connectivity index (χ0n) is 13.6. The van der Waals surface area contributed by atoms with Gasteiger partial charge in [0.1, 0.15) is 5.75 Å². The van der Waals surface area contributed by atoms with Gasteiger partial charge >= 0.3 is 0 Å². The summed E-state index contributed by atoms with van der Waals surface area (Å²) >= 11 is 0. The Kier molecular flexibility index (Phi) is 7.82. The van der Waals surface area contributed by atoms with Crippen molar-refractivity contribution in [2.45, 2.75) is 33.6 Å². The van der Waals surface area contributed by atoms with Gasteiger partial charge in [0.05, 0.1) is 13.2 Å². The maximum Gasteiger partial charge on any atom is 0.256 e. The fourth-order valence-corrected chi connectivity index (χ4v) is 2.53. The minimum Gasteiger partial charge on any atom is -0.494 e. The summed E-state index contributed by atoms with van der Waals surface area (Å²) in [7, 11) is 0. The Bertz CT molecular complexity index is 590. The predicted molar refractivity (Wildman–Crippen MR) is 80.5 cm³/mol. The Morgan fingerprint density at radius 3 is 2.70 bits per heavy atom. The van der Waals surface area contributed by atoms with Gasteiger partial charge < -0.3 is 9.64 Å². The summed E-state index contributed by atoms with van der Waals surface area (Å²) in [5, 5.41) is 0. The van der Waals surface area contributed by atoms with E-state index in [1.54, 1.807) is 19.1 Å². The fourth-order valence-electron chi connectivity index (χ4n) is 2.53. The van der Waals surface area contributed by atoms with Gasteiger partial charge in [0.2, 0.25) is 5.91 Å². The van der Waals surface area contributed by atoms with Gasteiger partial charge in [-0.2, -0.15) is 0 Å². The van der Waals surface area contributed by atoms with Crippen molar-refractivity contribution in [1.82, 2.24) is 4.90 Å². The summed E-state index contributed by atoms with van der Waals surface area (Å²) in [6.45, 7) is 5.45. The van der Waals surface area contributed by atoms with E-state index < -0.39 is 13.0 Å². The second-order valence-electron chi connectivity index (χ2n) is 5.38. The number of hydrogen-bond donors (Lipinski definition) is 0. The molecule has 0 N–H and O–H groups in total. The van der Waals surface area contributed by atoms with Crippen molar-refractivity contribution in [2.75, 3.05) is 13.2 Å². The van der Waals surface area contributed by atoms with Gasteiger partial charge in [-0.3, -0.25) is 4.79 Å². The first kappa shape index (κ1) is 20.2. The van der Waals surface area contributed by atoms with E-state index in [1.807, 2.05) is 19.9 Å². The van der Waals surface area contributed by atoms with Crippen molar-refractivity contribution in [3.8, 4) is 5.75 Å². The van der Waals surface area contributed by atoms with Crippen LogP contribution in [0.1, 0.15) is 31.4 Å². The van der Waals surface area contributed by atoms with Crippen LogP contribution in [0.25, 0.3) is 5.70 Å². The number of amides is 1. The standard InChI is InChI=1S/C17H20F2NO2.Y/c1-4-22-13-6-7-14(12(3)9-13)15-8-5-11(2)17(21)20(15)10-16(18)19;/h6-7,9,11,16H,4-5,10H2,1-3H3;/q-1;. The molecule has 1 amide bonds. The molecule has 0 aromatic heterocycles. The van der Waals surface area contributed by atoms with E-state index in [0.29, 0.717) is 18.7 Å². The third kappa shape index (κ3) is 4.83. The minimum absolute atomic E-state index is 0. The van der Waals surface area contributed by atoms with Crippen molar-refractivity contribution < 1.29 is 51.0 Å². The smallest absolute Gasteiger partial charge is 0.256 e. The molecule has 2 rings (SSSR count). The number of hydrogen-bond acceptors (Lipinski definition) is 2. The molecule has 123 valence electrons. The molecule has 1 radical (unpaired) electrons. The van der Waals surface area contributed by atoms with Gasteiger partial charge in [-0.15, -0.1) is 22.9 Å². The third-order valence-corrected chi connectivity index (χ3v) is 3.62. The largest absolute Gasteiger partial charge is 0.494 e. The molecule has 0 saturated carbocycles. The van der Waals surface area contributed by atoms with Gasteiger partial charge in [0.25, 0.3) is 6.43 Å². The van der Waals surface area contributed by atoms with Crippen molar-refractivity contribution in [3.05, 3.63) is 35.4 Å². The average Bonchev–Trinajstić information content (AvgIpc) is 2.45. The number of allylic oxidation sites excluding steroid dienone is 1. The number of halogens is 2. The quantitative estimate of drug-likeness (QED) is 0.710. The first-order valence-electron chi connectivity index (χ1n) is 7.38. The molecule has 1 aliphatic heterocycles. The van der Waals surface area contributed by atoms with Crippen molar-refractivity contribution >= 4 is 11.6 Å². The second kappa shape index (κ2) is 8.88. The average molecular weight is 397 g/mol. The molecule has 1 unspecified atom stereocenters. The normalized spacial score (nSPS) is 17.8. The number of ether oxygens (including phenoxy) is 1. The van der Waals surface area contributed by atoms with Crippen LogP contribution in [0.5, 0.6) is 5.75 Å². The molecular formula is C17H20F2NO2Y-. The summed E-state index contributed by atoms with van der Waals surface area (Å²) in [6, 6.07) is 5.42. The van der Waals surface area contributed by atoms with E-state index in [0.717, 1.165) is 21.8 Å². The van der Waals surface area contributed by atoms with Crippen molar-refractivity contribution in [1.29, 1.82) is 0 Å². The minimum atomic E-state index is -2.57. The number of alkyl halides is 2. The molecule has 0 bridgehead atoms. The number of carbonyl (C=O) groups is 1. The van der Waals surface area contributed by atoms with Gasteiger partial charge in [-0.05, 0) is 19.1 Å². The maximum absolute atomic E-state index is 12.8. The summed E-state index contributed by atoms with van der Waals surface area (Å²) < 4.78 is 31.1. The molecule has 1 aliphatic rings. The van der Waals surface area contributed by atoms with Crippen molar-refractivity contribution in [3.63, 3.8) is 0 Å². The molecule has 0 spiro atoms. The molecule has 0 aliphatic carbocycles. The number of rotatable bonds is 5. The third-order valence-electron chi connectivity index (χ3n) is 3.62. The summed E-state index contributed by atoms with van der Waals surface area (Å²) in [5.41, 5.74) is 2.06. The topological polar surface area (TPSA) is 29.5 Å². The van der Waals surface area contributed by atoms with Crippen LogP contribution in [0.2, 0.25) is 0 Å². The first-order valence-corrected chi connectivity index (χ1v) is 7.38. The summed E-state index contributed by atoms with van der Waals surface area (Å²) in [5.74, 6) is 0.133. The molecule has 0 saturated heterocycles. The Morgan fingerprint density at radius 1 is 1.43 bits per heavy atom. The zero-order chi connectivity index (χ0) is 16.3. The Hall–Kier alpha value is -0.806. The van der Waals surface area contributed by atoms with E-state index in [9.17, 15) is 13.6 Å².